The third-order valence-corrected chi connectivity index (χ3v) is 3.56. The maximum atomic E-state index is 2.52. The Morgan fingerprint density at radius 3 is 2.80 bits per heavy atom. The van der Waals surface area contributed by atoms with Gasteiger partial charge in [-0.1, -0.05) is 6.42 Å². The first-order valence-electron chi connectivity index (χ1n) is 4.49. The minimum atomic E-state index is 0.868. The van der Waals surface area contributed by atoms with Crippen LogP contribution < -0.4 is 0 Å². The van der Waals surface area contributed by atoms with E-state index in [0.29, 0.717) is 0 Å². The highest BCUT2D eigenvalue weighted by molar-refractivity contribution is 4.92. The maximum absolute atomic E-state index is 2.52. The number of hydrogen-bond donors (Lipinski definition) is 0. The fraction of sp³-hybridized carbons (Fsp3) is 1.00. The molecule has 1 nitrogen and oxygen atoms in total. The Morgan fingerprint density at radius 2 is 2.10 bits per heavy atom. The Kier molecular flexibility index (Phi) is 1.48. The van der Waals surface area contributed by atoms with Crippen LogP contribution in [0, 0.1) is 11.8 Å². The van der Waals surface area contributed by atoms with Gasteiger partial charge in [-0.25, -0.2) is 0 Å². The second-order valence-electron chi connectivity index (χ2n) is 4.04. The minimum Gasteiger partial charge on any atom is -0.303 e. The predicted molar refractivity (Wildman–Crippen MR) is 42.9 cm³/mol. The normalized spacial score (nSPS) is 48.0. The van der Waals surface area contributed by atoms with Crippen LogP contribution in [-0.2, 0) is 0 Å². The van der Waals surface area contributed by atoms with Crippen molar-refractivity contribution in [3.63, 3.8) is 0 Å². The molecule has 2 unspecified atom stereocenters. The molecule has 10 heavy (non-hydrogen) atoms. The average Bonchev–Trinajstić information content (AvgIpc) is 2.41. The first-order chi connectivity index (χ1) is 4.79. The van der Waals surface area contributed by atoms with Crippen LogP contribution >= 0.6 is 0 Å². The van der Waals surface area contributed by atoms with E-state index in [1.807, 2.05) is 0 Å². The number of hydrogen-bond acceptors (Lipinski definition) is 1. The Morgan fingerprint density at radius 1 is 1.30 bits per heavy atom. The zero-order chi connectivity index (χ0) is 7.14. The number of fused-ring (bicyclic) bond motifs is 1. The van der Waals surface area contributed by atoms with Gasteiger partial charge in [-0.15, -0.1) is 0 Å². The summed E-state index contributed by atoms with van der Waals surface area (Å²) in [5.41, 5.74) is 0. The van der Waals surface area contributed by atoms with E-state index in [0.717, 1.165) is 17.9 Å². The van der Waals surface area contributed by atoms with Gasteiger partial charge in [0.1, 0.15) is 0 Å². The third-order valence-electron chi connectivity index (χ3n) is 3.56. The van der Waals surface area contributed by atoms with Crippen LogP contribution in [0.2, 0.25) is 0 Å². The van der Waals surface area contributed by atoms with Crippen molar-refractivity contribution in [3.05, 3.63) is 0 Å². The molecule has 2 aliphatic rings. The van der Waals surface area contributed by atoms with Gasteiger partial charge in [0.15, 0.2) is 0 Å². The van der Waals surface area contributed by atoms with E-state index in [4.69, 9.17) is 0 Å². The lowest BCUT2D eigenvalue weighted by Crippen LogP contribution is -2.25. The zero-order valence-electron chi connectivity index (χ0n) is 7.01. The molecule has 1 aliphatic carbocycles. The molecule has 0 N–H and O–H groups in total. The van der Waals surface area contributed by atoms with Gasteiger partial charge in [0.2, 0.25) is 0 Å². The summed E-state index contributed by atoms with van der Waals surface area (Å²) in [5, 5.41) is 0. The molecule has 0 spiro atoms. The molecule has 1 saturated carbocycles. The quantitative estimate of drug-likeness (QED) is 0.494. The van der Waals surface area contributed by atoms with Crippen LogP contribution in [0.4, 0.5) is 0 Å². The molecule has 0 amide bonds. The smallest absolute Gasteiger partial charge is 0.00953 e. The Labute approximate surface area is 63.4 Å². The highest BCUT2D eigenvalue weighted by Gasteiger charge is 2.39. The van der Waals surface area contributed by atoms with Gasteiger partial charge in [0.25, 0.3) is 0 Å². The van der Waals surface area contributed by atoms with Gasteiger partial charge in [0, 0.05) is 12.6 Å². The standard InChI is InChI=1S/C9H17N/c1-7-9-5-3-4-8(9)6-10(7)2/h7-9H,3-6H2,1-2H3/t7-,8?,9?/m1/s1. The first kappa shape index (κ1) is 6.66. The van der Waals surface area contributed by atoms with E-state index >= 15 is 0 Å². The Hall–Kier alpha value is -0.0400. The van der Waals surface area contributed by atoms with Crippen molar-refractivity contribution in [2.45, 2.75) is 32.2 Å². The first-order valence-corrected chi connectivity index (χ1v) is 4.49. The summed E-state index contributed by atoms with van der Waals surface area (Å²) in [6.07, 6.45) is 4.49. The molecule has 0 aromatic heterocycles. The third kappa shape index (κ3) is 0.800. The molecule has 0 aromatic rings. The monoisotopic (exact) mass is 139 g/mol. The highest BCUT2D eigenvalue weighted by Crippen LogP contribution is 2.40. The van der Waals surface area contributed by atoms with E-state index in [2.05, 4.69) is 18.9 Å². The molecule has 0 radical (unpaired) electrons. The van der Waals surface area contributed by atoms with Gasteiger partial charge in [-0.3, -0.25) is 0 Å². The van der Waals surface area contributed by atoms with E-state index < -0.39 is 0 Å². The van der Waals surface area contributed by atoms with Crippen molar-refractivity contribution in [2.75, 3.05) is 13.6 Å². The van der Waals surface area contributed by atoms with Crippen molar-refractivity contribution in [1.82, 2.24) is 4.90 Å². The summed E-state index contributed by atoms with van der Waals surface area (Å²) in [6, 6.07) is 0.868. The van der Waals surface area contributed by atoms with Crippen molar-refractivity contribution >= 4 is 0 Å². The Bertz CT molecular complexity index is 131. The van der Waals surface area contributed by atoms with Gasteiger partial charge in [0.05, 0.1) is 0 Å². The largest absolute Gasteiger partial charge is 0.303 e. The lowest BCUT2D eigenvalue weighted by atomic mass is 9.95. The van der Waals surface area contributed by atoms with Crippen LogP contribution in [0.3, 0.4) is 0 Å². The molecule has 2 rings (SSSR count). The molecule has 58 valence electrons. The summed E-state index contributed by atoms with van der Waals surface area (Å²) < 4.78 is 0. The summed E-state index contributed by atoms with van der Waals surface area (Å²) in [4.78, 5) is 2.52. The van der Waals surface area contributed by atoms with Gasteiger partial charge >= 0.3 is 0 Å². The fourth-order valence-corrected chi connectivity index (χ4v) is 2.79. The van der Waals surface area contributed by atoms with Crippen molar-refractivity contribution in [3.8, 4) is 0 Å². The fourth-order valence-electron chi connectivity index (χ4n) is 2.79. The van der Waals surface area contributed by atoms with Crippen LogP contribution in [0.25, 0.3) is 0 Å². The van der Waals surface area contributed by atoms with Crippen LogP contribution in [-0.4, -0.2) is 24.5 Å². The molecule has 1 heterocycles. The molecule has 1 saturated heterocycles. The van der Waals surface area contributed by atoms with E-state index in [1.54, 1.807) is 0 Å². The van der Waals surface area contributed by atoms with Crippen LogP contribution in [0.15, 0.2) is 0 Å². The molecular weight excluding hydrogens is 122 g/mol. The summed E-state index contributed by atoms with van der Waals surface area (Å²) in [6.45, 7) is 3.75. The van der Waals surface area contributed by atoms with Crippen LogP contribution in [0.5, 0.6) is 0 Å². The van der Waals surface area contributed by atoms with Crippen molar-refractivity contribution < 1.29 is 0 Å². The summed E-state index contributed by atoms with van der Waals surface area (Å²) in [7, 11) is 2.27. The van der Waals surface area contributed by atoms with Gasteiger partial charge in [-0.2, -0.15) is 0 Å². The number of likely N-dealkylation sites (tertiary alicyclic amines) is 1. The zero-order valence-corrected chi connectivity index (χ0v) is 7.01. The molecule has 2 fully saturated rings. The topological polar surface area (TPSA) is 3.24 Å². The summed E-state index contributed by atoms with van der Waals surface area (Å²) in [5.74, 6) is 2.10. The predicted octanol–water partition coefficient (Wildman–Crippen LogP) is 1.74. The van der Waals surface area contributed by atoms with Gasteiger partial charge in [-0.05, 0) is 38.6 Å². The lowest BCUT2D eigenvalue weighted by molar-refractivity contribution is 0.287. The average molecular weight is 139 g/mol. The molecule has 1 aliphatic heterocycles. The van der Waals surface area contributed by atoms with E-state index in [1.165, 1.54) is 25.8 Å². The van der Waals surface area contributed by atoms with E-state index in [-0.39, 0.29) is 0 Å². The second kappa shape index (κ2) is 2.23. The second-order valence-corrected chi connectivity index (χ2v) is 4.04. The molecular formula is C9H17N. The van der Waals surface area contributed by atoms with E-state index in [9.17, 15) is 0 Å². The Balaban J connectivity index is 2.09. The number of nitrogens with zero attached hydrogens (tertiary/aromatic N) is 1. The maximum Gasteiger partial charge on any atom is 0.00953 e. The SMILES string of the molecule is C[C@@H]1C2CCCC2CN1C. The molecule has 0 bridgehead atoms. The molecule has 3 atom stereocenters. The van der Waals surface area contributed by atoms with Gasteiger partial charge < -0.3 is 4.90 Å². The molecule has 0 aromatic carbocycles. The number of rotatable bonds is 0. The van der Waals surface area contributed by atoms with Crippen molar-refractivity contribution in [2.24, 2.45) is 11.8 Å². The minimum absolute atomic E-state index is 0.868. The highest BCUT2D eigenvalue weighted by atomic mass is 15.2. The van der Waals surface area contributed by atoms with Crippen molar-refractivity contribution in [1.29, 1.82) is 0 Å². The summed E-state index contributed by atoms with van der Waals surface area (Å²) >= 11 is 0. The lowest BCUT2D eigenvalue weighted by Gasteiger charge is -2.18. The van der Waals surface area contributed by atoms with Crippen LogP contribution in [0.1, 0.15) is 26.2 Å². The molecule has 1 heteroatoms.